The molecule has 112 valence electrons. The summed E-state index contributed by atoms with van der Waals surface area (Å²) in [5.74, 6) is 2.34. The van der Waals surface area contributed by atoms with Crippen molar-refractivity contribution >= 4 is 11.6 Å². The molecule has 1 aliphatic carbocycles. The van der Waals surface area contributed by atoms with Crippen LogP contribution in [-0.4, -0.2) is 12.1 Å². The molecule has 1 aromatic rings. The fourth-order valence-electron chi connectivity index (χ4n) is 2.92. The average molecular weight is 296 g/mol. The van der Waals surface area contributed by atoms with Crippen molar-refractivity contribution in [2.75, 3.05) is 0 Å². The predicted octanol–water partition coefficient (Wildman–Crippen LogP) is 4.43. The molecule has 1 fully saturated rings. The molecular weight excluding hydrogens is 270 g/mol. The van der Waals surface area contributed by atoms with E-state index in [1.807, 2.05) is 19.1 Å². The molecule has 20 heavy (non-hydrogen) atoms. The summed E-state index contributed by atoms with van der Waals surface area (Å²) in [5.41, 5.74) is 6.99. The van der Waals surface area contributed by atoms with Crippen LogP contribution in [0.1, 0.15) is 45.6 Å². The minimum Gasteiger partial charge on any atom is -0.489 e. The zero-order valence-corrected chi connectivity index (χ0v) is 13.5. The molecular formula is C17H26ClNO. The van der Waals surface area contributed by atoms with E-state index in [0.29, 0.717) is 11.1 Å². The van der Waals surface area contributed by atoms with Crippen molar-refractivity contribution in [1.29, 1.82) is 0 Å². The summed E-state index contributed by atoms with van der Waals surface area (Å²) in [7, 11) is 0. The molecule has 0 heterocycles. The second-order valence-electron chi connectivity index (χ2n) is 6.45. The molecule has 0 aromatic heterocycles. The standard InChI is InChI=1S/C17H26ClNO/c1-11-4-6-15(8-12(11)2)20-17-7-5-14(9-13(3)19)10-16(17)18/h5,7,10-13,15H,4,6,8-9,19H2,1-3H3. The van der Waals surface area contributed by atoms with Gasteiger partial charge < -0.3 is 10.5 Å². The number of hydrogen-bond donors (Lipinski definition) is 1. The molecule has 1 aliphatic rings. The Kier molecular flexibility index (Phi) is 5.34. The Labute approximate surface area is 127 Å². The number of hydrogen-bond acceptors (Lipinski definition) is 2. The lowest BCUT2D eigenvalue weighted by Gasteiger charge is -2.32. The Morgan fingerprint density at radius 3 is 2.65 bits per heavy atom. The van der Waals surface area contributed by atoms with Crippen LogP contribution in [0.4, 0.5) is 0 Å². The van der Waals surface area contributed by atoms with Crippen LogP contribution in [-0.2, 0) is 6.42 Å². The van der Waals surface area contributed by atoms with Gasteiger partial charge in [-0.2, -0.15) is 0 Å². The van der Waals surface area contributed by atoms with Crippen molar-refractivity contribution in [3.63, 3.8) is 0 Å². The molecule has 1 saturated carbocycles. The number of ether oxygens (including phenoxy) is 1. The number of rotatable bonds is 4. The maximum absolute atomic E-state index is 6.33. The van der Waals surface area contributed by atoms with Gasteiger partial charge in [-0.05, 0) is 62.1 Å². The van der Waals surface area contributed by atoms with Gasteiger partial charge in [0.15, 0.2) is 0 Å². The summed E-state index contributed by atoms with van der Waals surface area (Å²) < 4.78 is 6.10. The van der Waals surface area contributed by atoms with E-state index in [9.17, 15) is 0 Å². The third-order valence-corrected chi connectivity index (χ3v) is 4.69. The number of nitrogens with two attached hydrogens (primary N) is 1. The lowest BCUT2D eigenvalue weighted by Crippen LogP contribution is -2.28. The molecule has 2 rings (SSSR count). The fraction of sp³-hybridized carbons (Fsp3) is 0.647. The number of benzene rings is 1. The highest BCUT2D eigenvalue weighted by Gasteiger charge is 2.26. The fourth-order valence-corrected chi connectivity index (χ4v) is 3.17. The predicted molar refractivity (Wildman–Crippen MR) is 85.4 cm³/mol. The van der Waals surface area contributed by atoms with Crippen molar-refractivity contribution in [2.24, 2.45) is 17.6 Å². The second-order valence-corrected chi connectivity index (χ2v) is 6.86. The minimum atomic E-state index is 0.151. The van der Waals surface area contributed by atoms with Gasteiger partial charge >= 0.3 is 0 Å². The summed E-state index contributed by atoms with van der Waals surface area (Å²) >= 11 is 6.33. The first kappa shape index (κ1) is 15.7. The van der Waals surface area contributed by atoms with Crippen molar-refractivity contribution in [1.82, 2.24) is 0 Å². The Morgan fingerprint density at radius 1 is 1.30 bits per heavy atom. The first-order chi connectivity index (χ1) is 9.45. The van der Waals surface area contributed by atoms with Crippen LogP contribution in [0.2, 0.25) is 5.02 Å². The van der Waals surface area contributed by atoms with Gasteiger partial charge in [0.05, 0.1) is 11.1 Å². The second kappa shape index (κ2) is 6.82. The van der Waals surface area contributed by atoms with Crippen molar-refractivity contribution in [2.45, 2.75) is 58.6 Å². The monoisotopic (exact) mass is 295 g/mol. The van der Waals surface area contributed by atoms with Crippen molar-refractivity contribution < 1.29 is 4.74 Å². The van der Waals surface area contributed by atoms with Crippen LogP contribution < -0.4 is 10.5 Å². The van der Waals surface area contributed by atoms with E-state index in [1.165, 1.54) is 12.0 Å². The van der Waals surface area contributed by atoms with Gasteiger partial charge in [0.25, 0.3) is 0 Å². The Balaban J connectivity index is 1.99. The molecule has 4 atom stereocenters. The van der Waals surface area contributed by atoms with Crippen molar-refractivity contribution in [3.05, 3.63) is 28.8 Å². The normalized spacial score (nSPS) is 28.1. The van der Waals surface area contributed by atoms with E-state index in [1.54, 1.807) is 0 Å². The molecule has 0 saturated heterocycles. The molecule has 0 amide bonds. The molecule has 2 N–H and O–H groups in total. The van der Waals surface area contributed by atoms with Gasteiger partial charge in [0.1, 0.15) is 5.75 Å². The van der Waals surface area contributed by atoms with E-state index >= 15 is 0 Å². The van der Waals surface area contributed by atoms with Crippen LogP contribution in [0, 0.1) is 11.8 Å². The average Bonchev–Trinajstić information content (AvgIpc) is 2.36. The van der Waals surface area contributed by atoms with E-state index in [4.69, 9.17) is 22.1 Å². The smallest absolute Gasteiger partial charge is 0.138 e. The van der Waals surface area contributed by atoms with Crippen LogP contribution in [0.3, 0.4) is 0 Å². The molecule has 0 aliphatic heterocycles. The van der Waals surface area contributed by atoms with Gasteiger partial charge in [-0.3, -0.25) is 0 Å². The summed E-state index contributed by atoms with van der Waals surface area (Å²) in [6, 6.07) is 6.19. The Morgan fingerprint density at radius 2 is 2.05 bits per heavy atom. The SMILES string of the molecule is CC(N)Cc1ccc(OC2CCC(C)C(C)C2)c(Cl)c1. The zero-order chi connectivity index (χ0) is 14.7. The van der Waals surface area contributed by atoms with Gasteiger partial charge in [-0.1, -0.05) is 31.5 Å². The minimum absolute atomic E-state index is 0.151. The molecule has 0 spiro atoms. The van der Waals surface area contributed by atoms with Gasteiger partial charge in [-0.25, -0.2) is 0 Å². The van der Waals surface area contributed by atoms with Gasteiger partial charge in [-0.15, -0.1) is 0 Å². The van der Waals surface area contributed by atoms with Gasteiger partial charge in [0, 0.05) is 6.04 Å². The summed E-state index contributed by atoms with van der Waals surface area (Å²) in [6.45, 7) is 6.65. The zero-order valence-electron chi connectivity index (χ0n) is 12.7. The highest BCUT2D eigenvalue weighted by Crippen LogP contribution is 2.34. The van der Waals surface area contributed by atoms with Crippen LogP contribution >= 0.6 is 11.6 Å². The molecule has 0 radical (unpaired) electrons. The van der Waals surface area contributed by atoms with Gasteiger partial charge in [0.2, 0.25) is 0 Å². The van der Waals surface area contributed by atoms with E-state index in [2.05, 4.69) is 19.9 Å². The largest absolute Gasteiger partial charge is 0.489 e. The first-order valence-corrected chi connectivity index (χ1v) is 8.04. The maximum Gasteiger partial charge on any atom is 0.138 e. The maximum atomic E-state index is 6.33. The Bertz CT molecular complexity index is 447. The summed E-state index contributed by atoms with van der Waals surface area (Å²) in [5, 5.41) is 0.703. The van der Waals surface area contributed by atoms with E-state index in [-0.39, 0.29) is 6.04 Å². The summed E-state index contributed by atoms with van der Waals surface area (Å²) in [6.07, 6.45) is 4.64. The third kappa shape index (κ3) is 4.13. The topological polar surface area (TPSA) is 35.2 Å². The molecule has 2 nitrogen and oxygen atoms in total. The lowest BCUT2D eigenvalue weighted by molar-refractivity contribution is 0.101. The van der Waals surface area contributed by atoms with E-state index in [0.717, 1.165) is 36.8 Å². The highest BCUT2D eigenvalue weighted by atomic mass is 35.5. The van der Waals surface area contributed by atoms with Crippen LogP contribution in [0.25, 0.3) is 0 Å². The third-order valence-electron chi connectivity index (χ3n) is 4.40. The van der Waals surface area contributed by atoms with Crippen LogP contribution in [0.15, 0.2) is 18.2 Å². The highest BCUT2D eigenvalue weighted by molar-refractivity contribution is 6.32. The lowest BCUT2D eigenvalue weighted by atomic mass is 9.80. The quantitative estimate of drug-likeness (QED) is 0.891. The molecule has 3 heteroatoms. The van der Waals surface area contributed by atoms with Crippen molar-refractivity contribution in [3.8, 4) is 5.75 Å². The summed E-state index contributed by atoms with van der Waals surface area (Å²) in [4.78, 5) is 0. The first-order valence-electron chi connectivity index (χ1n) is 7.66. The molecule has 0 bridgehead atoms. The van der Waals surface area contributed by atoms with Crippen LogP contribution in [0.5, 0.6) is 5.75 Å². The van der Waals surface area contributed by atoms with E-state index < -0.39 is 0 Å². The molecule has 4 unspecified atom stereocenters. The molecule has 1 aromatic carbocycles. The number of halogens is 1. The Hall–Kier alpha value is -0.730.